The molecule has 0 fully saturated rings. The molecule has 28 heavy (non-hydrogen) atoms. The van der Waals surface area contributed by atoms with Gasteiger partial charge in [-0.3, -0.25) is 4.99 Å². The molecule has 0 bridgehead atoms. The Labute approximate surface area is 184 Å². The molecule has 156 valence electrons. The second-order valence-corrected chi connectivity index (χ2v) is 5.85. The maximum atomic E-state index is 5.72. The number of aliphatic imine (C=N–C) groups is 1. The number of methoxy groups -OCH3 is 1. The molecule has 2 rings (SSSR count). The van der Waals surface area contributed by atoms with Crippen molar-refractivity contribution in [1.29, 1.82) is 0 Å². The van der Waals surface area contributed by atoms with E-state index in [4.69, 9.17) is 9.47 Å². The highest BCUT2D eigenvalue weighted by molar-refractivity contribution is 14.0. The summed E-state index contributed by atoms with van der Waals surface area (Å²) in [7, 11) is 1.67. The van der Waals surface area contributed by atoms with Crippen LogP contribution in [0.4, 0.5) is 0 Å². The fourth-order valence-electron chi connectivity index (χ4n) is 2.60. The van der Waals surface area contributed by atoms with Crippen molar-refractivity contribution in [1.82, 2.24) is 25.4 Å². The van der Waals surface area contributed by atoms with Crippen molar-refractivity contribution in [2.24, 2.45) is 4.99 Å². The Morgan fingerprint density at radius 2 is 2.04 bits per heavy atom. The number of para-hydroxylation sites is 1. The third-order valence-electron chi connectivity index (χ3n) is 3.96. The average Bonchev–Trinajstić information content (AvgIpc) is 3.15. The number of hydrogen-bond donors (Lipinski definition) is 2. The number of guanidine groups is 1. The predicted octanol–water partition coefficient (Wildman–Crippen LogP) is 2.24. The molecule has 0 aliphatic carbocycles. The van der Waals surface area contributed by atoms with Gasteiger partial charge in [0.25, 0.3) is 0 Å². The van der Waals surface area contributed by atoms with E-state index in [1.54, 1.807) is 13.4 Å². The molecule has 1 heterocycles. The van der Waals surface area contributed by atoms with Gasteiger partial charge in [0, 0.05) is 31.6 Å². The van der Waals surface area contributed by atoms with Gasteiger partial charge in [0.15, 0.2) is 5.96 Å². The number of rotatable bonds is 11. The molecule has 1 aromatic carbocycles. The van der Waals surface area contributed by atoms with Crippen molar-refractivity contribution in [2.75, 3.05) is 33.4 Å². The zero-order valence-electron chi connectivity index (χ0n) is 16.9. The molecule has 2 N–H and O–H groups in total. The predicted molar refractivity (Wildman–Crippen MR) is 121 cm³/mol. The number of aromatic nitrogens is 3. The van der Waals surface area contributed by atoms with Gasteiger partial charge in [0.2, 0.25) is 0 Å². The highest BCUT2D eigenvalue weighted by Crippen LogP contribution is 2.17. The van der Waals surface area contributed by atoms with E-state index in [2.05, 4.69) is 32.7 Å². The van der Waals surface area contributed by atoms with Crippen molar-refractivity contribution < 1.29 is 9.47 Å². The van der Waals surface area contributed by atoms with Gasteiger partial charge < -0.3 is 24.7 Å². The topological polar surface area (TPSA) is 85.6 Å². The lowest BCUT2D eigenvalue weighted by molar-refractivity contribution is 0.126. The first-order chi connectivity index (χ1) is 13.3. The first kappa shape index (κ1) is 24.2. The van der Waals surface area contributed by atoms with Gasteiger partial charge in [-0.05, 0) is 13.0 Å². The lowest BCUT2D eigenvalue weighted by Gasteiger charge is -2.12. The van der Waals surface area contributed by atoms with Crippen LogP contribution in [0.3, 0.4) is 0 Å². The molecule has 0 amide bonds. The van der Waals surface area contributed by atoms with E-state index in [9.17, 15) is 0 Å². The van der Waals surface area contributed by atoms with Crippen molar-refractivity contribution in [2.45, 2.75) is 33.4 Å². The summed E-state index contributed by atoms with van der Waals surface area (Å²) in [5.74, 6) is 2.62. The summed E-state index contributed by atoms with van der Waals surface area (Å²) in [5.41, 5.74) is 1.04. The van der Waals surface area contributed by atoms with E-state index in [0.29, 0.717) is 19.8 Å². The molecule has 9 heteroatoms. The van der Waals surface area contributed by atoms with Gasteiger partial charge >= 0.3 is 0 Å². The summed E-state index contributed by atoms with van der Waals surface area (Å²) >= 11 is 0. The molecule has 0 atom stereocenters. The number of nitrogens with zero attached hydrogens (tertiary/aromatic N) is 4. The summed E-state index contributed by atoms with van der Waals surface area (Å²) in [6, 6.07) is 7.86. The Morgan fingerprint density at radius 3 is 2.79 bits per heavy atom. The Hall–Kier alpha value is -1.88. The Kier molecular flexibility index (Phi) is 12.2. The molecule has 0 aliphatic heterocycles. The van der Waals surface area contributed by atoms with Crippen molar-refractivity contribution >= 4 is 29.9 Å². The van der Waals surface area contributed by atoms with Crippen molar-refractivity contribution in [3.8, 4) is 5.75 Å². The van der Waals surface area contributed by atoms with Crippen molar-refractivity contribution in [3.63, 3.8) is 0 Å². The summed E-state index contributed by atoms with van der Waals surface area (Å²) in [6.45, 7) is 8.10. The quantitative estimate of drug-likeness (QED) is 0.212. The normalized spacial score (nSPS) is 11.0. The third-order valence-corrected chi connectivity index (χ3v) is 3.96. The maximum Gasteiger partial charge on any atom is 0.191 e. The summed E-state index contributed by atoms with van der Waals surface area (Å²) in [5, 5.41) is 14.6. The molecule has 0 unspecified atom stereocenters. The van der Waals surface area contributed by atoms with Gasteiger partial charge in [0.05, 0.1) is 26.9 Å². The highest BCUT2D eigenvalue weighted by atomic mass is 127. The molecule has 1 aromatic heterocycles. The first-order valence-corrected chi connectivity index (χ1v) is 9.37. The second kappa shape index (κ2) is 14.2. The first-order valence-electron chi connectivity index (χ1n) is 9.37. The zero-order chi connectivity index (χ0) is 19.3. The Morgan fingerprint density at radius 1 is 1.21 bits per heavy atom. The molecule has 2 aromatic rings. The van der Waals surface area contributed by atoms with Crippen LogP contribution in [0.5, 0.6) is 5.75 Å². The molecular formula is C19H31IN6O2. The van der Waals surface area contributed by atoms with Gasteiger partial charge in [-0.25, -0.2) is 0 Å². The SMILES string of the molecule is CCNC(=NCCOCc1ccccc1OC)NCCn1cnnc1CC.I. The van der Waals surface area contributed by atoms with Crippen LogP contribution in [0, 0.1) is 0 Å². The van der Waals surface area contributed by atoms with Crippen molar-refractivity contribution in [3.05, 3.63) is 42.0 Å². The van der Waals surface area contributed by atoms with E-state index in [-0.39, 0.29) is 24.0 Å². The molecule has 0 spiro atoms. The average molecular weight is 502 g/mol. The van der Waals surface area contributed by atoms with E-state index >= 15 is 0 Å². The van der Waals surface area contributed by atoms with Gasteiger partial charge in [-0.15, -0.1) is 34.2 Å². The standard InChI is InChI=1S/C19H30N6O2.HI/c1-4-18-24-23-15-25(18)12-10-21-19(20-5-2)22-11-13-27-14-16-8-6-7-9-17(16)26-3;/h6-9,15H,4-5,10-14H2,1-3H3,(H2,20,21,22);1H. The summed E-state index contributed by atoms with van der Waals surface area (Å²) < 4.78 is 13.1. The van der Waals surface area contributed by atoms with E-state index in [1.807, 2.05) is 35.8 Å². The van der Waals surface area contributed by atoms with E-state index in [0.717, 1.165) is 49.2 Å². The van der Waals surface area contributed by atoms with Gasteiger partial charge in [-0.2, -0.15) is 0 Å². The van der Waals surface area contributed by atoms with Crippen LogP contribution in [-0.4, -0.2) is 54.1 Å². The molecule has 0 saturated carbocycles. The molecule has 8 nitrogen and oxygen atoms in total. The molecule has 0 saturated heterocycles. The van der Waals surface area contributed by atoms with Crippen LogP contribution in [0.15, 0.2) is 35.6 Å². The smallest absolute Gasteiger partial charge is 0.191 e. The van der Waals surface area contributed by atoms with Crippen LogP contribution in [0.25, 0.3) is 0 Å². The minimum atomic E-state index is 0. The minimum absolute atomic E-state index is 0. The van der Waals surface area contributed by atoms with Crippen LogP contribution in [0.2, 0.25) is 0 Å². The van der Waals surface area contributed by atoms with Crippen LogP contribution < -0.4 is 15.4 Å². The van der Waals surface area contributed by atoms with Crippen LogP contribution in [-0.2, 0) is 24.3 Å². The fraction of sp³-hybridized carbons (Fsp3) is 0.526. The maximum absolute atomic E-state index is 5.72. The van der Waals surface area contributed by atoms with Crippen LogP contribution in [0.1, 0.15) is 25.2 Å². The lowest BCUT2D eigenvalue weighted by atomic mass is 10.2. The summed E-state index contributed by atoms with van der Waals surface area (Å²) in [4.78, 5) is 4.55. The summed E-state index contributed by atoms with van der Waals surface area (Å²) in [6.07, 6.45) is 2.63. The number of halogens is 1. The Balaban J connectivity index is 0.00000392. The number of ether oxygens (including phenoxy) is 2. The fourth-order valence-corrected chi connectivity index (χ4v) is 2.60. The second-order valence-electron chi connectivity index (χ2n) is 5.85. The van der Waals surface area contributed by atoms with Crippen LogP contribution >= 0.6 is 24.0 Å². The van der Waals surface area contributed by atoms with E-state index < -0.39 is 0 Å². The number of nitrogens with one attached hydrogen (secondary N) is 2. The zero-order valence-corrected chi connectivity index (χ0v) is 19.2. The highest BCUT2D eigenvalue weighted by Gasteiger charge is 2.03. The van der Waals surface area contributed by atoms with Gasteiger partial charge in [-0.1, -0.05) is 25.1 Å². The van der Waals surface area contributed by atoms with E-state index in [1.165, 1.54) is 0 Å². The third kappa shape index (κ3) is 8.01. The molecule has 0 aliphatic rings. The number of aryl methyl sites for hydroxylation is 1. The van der Waals surface area contributed by atoms with Gasteiger partial charge in [0.1, 0.15) is 17.9 Å². The monoisotopic (exact) mass is 502 g/mol. The minimum Gasteiger partial charge on any atom is -0.496 e. The lowest BCUT2D eigenvalue weighted by Crippen LogP contribution is -2.39. The largest absolute Gasteiger partial charge is 0.496 e. The molecule has 0 radical (unpaired) electrons. The number of benzene rings is 1. The molecular weight excluding hydrogens is 471 g/mol. The number of hydrogen-bond acceptors (Lipinski definition) is 5. The Bertz CT molecular complexity index is 707.